The lowest BCUT2D eigenvalue weighted by Crippen LogP contribution is -2.56. The fraction of sp³-hybridized carbons (Fsp3) is 0.464. The van der Waals surface area contributed by atoms with Crippen LogP contribution in [0.2, 0.25) is 0 Å². The Kier molecular flexibility index (Phi) is 7.32. The SMILES string of the molecule is O=C(NCn1nnc2ccccc21)C1N(CCCCCO)C(=O)[C@@H]2[C@H](C(=O)Nc3ccccc3)[C@H]3OC12CC3Br. The fourth-order valence-corrected chi connectivity index (χ4v) is 7.51. The topological polar surface area (TPSA) is 139 Å². The number of likely N-dealkylation sites (tertiary alicyclic amines) is 1. The molecule has 0 saturated carbocycles. The number of aliphatic hydroxyl groups is 1. The van der Waals surface area contributed by atoms with Gasteiger partial charge in [0.1, 0.15) is 23.8 Å². The van der Waals surface area contributed by atoms with Crippen molar-refractivity contribution in [1.82, 2.24) is 25.2 Å². The number of ether oxygens (including phenoxy) is 1. The van der Waals surface area contributed by atoms with Crippen molar-refractivity contribution in [2.75, 3.05) is 18.5 Å². The summed E-state index contributed by atoms with van der Waals surface area (Å²) in [5.41, 5.74) is 0.985. The first-order valence-electron chi connectivity index (χ1n) is 13.6. The molecule has 3 saturated heterocycles. The van der Waals surface area contributed by atoms with E-state index in [-0.39, 0.29) is 35.8 Å². The molecule has 3 N–H and O–H groups in total. The van der Waals surface area contributed by atoms with Crippen LogP contribution in [0.3, 0.4) is 0 Å². The molecule has 3 fully saturated rings. The number of nitrogens with one attached hydrogen (secondary N) is 2. The predicted octanol–water partition coefficient (Wildman–Crippen LogP) is 2.05. The lowest BCUT2D eigenvalue weighted by atomic mass is 9.70. The normalized spacial score (nSPS) is 28.7. The number of nitrogens with zero attached hydrogens (tertiary/aromatic N) is 4. The van der Waals surface area contributed by atoms with Crippen molar-refractivity contribution >= 4 is 50.4 Å². The number of carbonyl (C=O) groups is 3. The van der Waals surface area contributed by atoms with E-state index in [0.717, 1.165) is 5.52 Å². The number of fused-ring (bicyclic) bond motifs is 2. The van der Waals surface area contributed by atoms with Crippen molar-refractivity contribution in [1.29, 1.82) is 0 Å². The first-order valence-corrected chi connectivity index (χ1v) is 14.5. The summed E-state index contributed by atoms with van der Waals surface area (Å²) in [6.07, 6.45) is 1.83. The van der Waals surface area contributed by atoms with E-state index in [0.29, 0.717) is 43.4 Å². The van der Waals surface area contributed by atoms with Crippen LogP contribution >= 0.6 is 15.9 Å². The van der Waals surface area contributed by atoms with E-state index in [2.05, 4.69) is 36.9 Å². The number of hydrogen-bond donors (Lipinski definition) is 3. The molecular weight excluding hydrogens is 580 g/mol. The molecule has 1 aromatic heterocycles. The number of halogens is 1. The van der Waals surface area contributed by atoms with Crippen molar-refractivity contribution in [2.45, 2.75) is 54.9 Å². The van der Waals surface area contributed by atoms with Gasteiger partial charge in [0.25, 0.3) is 0 Å². The third-order valence-electron chi connectivity index (χ3n) is 8.26. The van der Waals surface area contributed by atoms with E-state index >= 15 is 0 Å². The number of alkyl halides is 1. The molecule has 0 aliphatic carbocycles. The molecule has 6 rings (SSSR count). The highest BCUT2D eigenvalue weighted by Gasteiger charge is 2.76. The summed E-state index contributed by atoms with van der Waals surface area (Å²) in [4.78, 5) is 42.9. The van der Waals surface area contributed by atoms with E-state index in [4.69, 9.17) is 4.74 Å². The number of rotatable bonds is 10. The van der Waals surface area contributed by atoms with Crippen molar-refractivity contribution in [3.05, 3.63) is 54.6 Å². The van der Waals surface area contributed by atoms with Gasteiger partial charge in [-0.05, 0) is 49.9 Å². The van der Waals surface area contributed by atoms with Crippen LogP contribution in [0.4, 0.5) is 5.69 Å². The Morgan fingerprint density at radius 1 is 1.07 bits per heavy atom. The Morgan fingerprint density at radius 3 is 2.65 bits per heavy atom. The quantitative estimate of drug-likeness (QED) is 0.236. The number of aliphatic hydroxyl groups excluding tert-OH is 1. The van der Waals surface area contributed by atoms with Gasteiger partial charge < -0.3 is 25.4 Å². The van der Waals surface area contributed by atoms with Gasteiger partial charge in [0.15, 0.2) is 0 Å². The minimum absolute atomic E-state index is 0.0636. The van der Waals surface area contributed by atoms with Gasteiger partial charge in [-0.25, -0.2) is 4.68 Å². The van der Waals surface area contributed by atoms with E-state index in [9.17, 15) is 19.5 Å². The van der Waals surface area contributed by atoms with Crippen molar-refractivity contribution in [3.8, 4) is 0 Å². The van der Waals surface area contributed by atoms with Gasteiger partial charge in [0, 0.05) is 23.7 Å². The molecule has 210 valence electrons. The molecule has 3 aromatic rings. The first-order chi connectivity index (χ1) is 19.4. The number of amides is 3. The van der Waals surface area contributed by atoms with Crippen molar-refractivity contribution in [2.24, 2.45) is 11.8 Å². The number of anilines is 1. The maximum absolute atomic E-state index is 14.0. The average molecular weight is 611 g/mol. The molecule has 2 aromatic carbocycles. The third kappa shape index (κ3) is 4.47. The van der Waals surface area contributed by atoms with Crippen molar-refractivity contribution in [3.63, 3.8) is 0 Å². The van der Waals surface area contributed by atoms with Crippen LogP contribution < -0.4 is 10.6 Å². The average Bonchev–Trinajstić information content (AvgIpc) is 3.67. The first kappa shape index (κ1) is 26.9. The molecule has 3 unspecified atom stereocenters. The van der Waals surface area contributed by atoms with Crippen molar-refractivity contribution < 1.29 is 24.2 Å². The molecule has 11 nitrogen and oxygen atoms in total. The highest BCUT2D eigenvalue weighted by molar-refractivity contribution is 9.09. The molecule has 40 heavy (non-hydrogen) atoms. The van der Waals surface area contributed by atoms with Crippen LogP contribution in [0.15, 0.2) is 54.6 Å². The second-order valence-corrected chi connectivity index (χ2v) is 11.8. The molecule has 0 radical (unpaired) electrons. The number of aromatic nitrogens is 3. The fourth-order valence-electron chi connectivity index (χ4n) is 6.57. The molecule has 3 aliphatic rings. The van der Waals surface area contributed by atoms with Crippen LogP contribution in [-0.2, 0) is 25.8 Å². The van der Waals surface area contributed by atoms with Crippen LogP contribution in [-0.4, -0.2) is 78.4 Å². The molecule has 6 atom stereocenters. The zero-order valence-corrected chi connectivity index (χ0v) is 23.4. The summed E-state index contributed by atoms with van der Waals surface area (Å²) in [5.74, 6) is -2.43. The van der Waals surface area contributed by atoms with Gasteiger partial charge >= 0.3 is 0 Å². The number of carbonyl (C=O) groups excluding carboxylic acids is 3. The zero-order valence-electron chi connectivity index (χ0n) is 21.8. The van der Waals surface area contributed by atoms with E-state index in [1.807, 2.05) is 42.5 Å². The van der Waals surface area contributed by atoms with Crippen LogP contribution in [0.1, 0.15) is 25.7 Å². The minimum Gasteiger partial charge on any atom is -0.396 e. The second kappa shape index (κ2) is 10.9. The standard InChI is InChI=1S/C28H31BrN6O5/c29-18-15-28-22(21(23(18)40-28)25(37)31-17-9-3-1-4-10-17)27(39)34(13-7-2-8-14-36)24(28)26(38)30-16-35-20-12-6-5-11-19(20)32-33-35/h1,3-6,9-12,18,21-24,36H,2,7-8,13-16H2,(H,30,38)(H,31,37)/t18?,21-,22-,23-,24?,28?/m0/s1. The molecule has 4 heterocycles. The Hall–Kier alpha value is -3.35. The molecule has 1 spiro atoms. The number of para-hydroxylation sites is 2. The maximum atomic E-state index is 14.0. The van der Waals surface area contributed by atoms with Gasteiger partial charge in [0.05, 0.1) is 23.5 Å². The zero-order chi connectivity index (χ0) is 27.9. The molecule has 3 amide bonds. The molecule has 2 bridgehead atoms. The predicted molar refractivity (Wildman–Crippen MR) is 149 cm³/mol. The van der Waals surface area contributed by atoms with Crippen LogP contribution in [0, 0.1) is 11.8 Å². The summed E-state index contributed by atoms with van der Waals surface area (Å²) in [5, 5.41) is 23.4. The minimum atomic E-state index is -1.14. The Bertz CT molecular complexity index is 1420. The van der Waals surface area contributed by atoms with E-state index in [1.54, 1.807) is 21.7 Å². The Morgan fingerprint density at radius 2 is 1.85 bits per heavy atom. The Labute approximate surface area is 239 Å². The molecule has 3 aliphatic heterocycles. The third-order valence-corrected chi connectivity index (χ3v) is 9.11. The van der Waals surface area contributed by atoms with Gasteiger partial charge in [-0.3, -0.25) is 14.4 Å². The summed E-state index contributed by atoms with van der Waals surface area (Å²) in [6.45, 7) is 0.464. The number of unbranched alkanes of at least 4 members (excludes halogenated alkanes) is 2. The Balaban J connectivity index is 1.28. The van der Waals surface area contributed by atoms with E-state index in [1.165, 1.54) is 0 Å². The molecule has 12 heteroatoms. The largest absolute Gasteiger partial charge is 0.396 e. The van der Waals surface area contributed by atoms with E-state index < -0.39 is 29.6 Å². The summed E-state index contributed by atoms with van der Waals surface area (Å²) in [6, 6.07) is 15.7. The summed E-state index contributed by atoms with van der Waals surface area (Å²) >= 11 is 3.69. The highest BCUT2D eigenvalue weighted by Crippen LogP contribution is 2.60. The lowest BCUT2D eigenvalue weighted by Gasteiger charge is -2.34. The van der Waals surface area contributed by atoms with Gasteiger partial charge in [-0.1, -0.05) is 51.5 Å². The number of hydrogen-bond acceptors (Lipinski definition) is 7. The summed E-state index contributed by atoms with van der Waals surface area (Å²) in [7, 11) is 0. The van der Waals surface area contributed by atoms with Gasteiger partial charge in [-0.15, -0.1) is 5.10 Å². The van der Waals surface area contributed by atoms with Gasteiger partial charge in [-0.2, -0.15) is 0 Å². The summed E-state index contributed by atoms with van der Waals surface area (Å²) < 4.78 is 8.13. The highest BCUT2D eigenvalue weighted by atomic mass is 79.9. The lowest BCUT2D eigenvalue weighted by molar-refractivity contribution is -0.141. The smallest absolute Gasteiger partial charge is 0.247 e. The monoisotopic (exact) mass is 610 g/mol. The van der Waals surface area contributed by atoms with Gasteiger partial charge in [0.2, 0.25) is 17.7 Å². The molecular formula is C28H31BrN6O5. The second-order valence-electron chi connectivity index (χ2n) is 10.6. The van der Waals surface area contributed by atoms with Crippen LogP contribution in [0.25, 0.3) is 11.0 Å². The van der Waals surface area contributed by atoms with Crippen LogP contribution in [0.5, 0.6) is 0 Å². The number of benzene rings is 2. The maximum Gasteiger partial charge on any atom is 0.247 e.